The molecule has 0 bridgehead atoms. The van der Waals surface area contributed by atoms with E-state index in [1.54, 1.807) is 18.3 Å². The summed E-state index contributed by atoms with van der Waals surface area (Å²) in [5.74, 6) is 0.685. The molecule has 5 rings (SSSR count). The number of carbonyl (C=O) groups is 1. The Balaban J connectivity index is 1.21. The number of aromatic amines is 1. The number of hydrogen-bond acceptors (Lipinski definition) is 3. The van der Waals surface area contributed by atoms with E-state index in [0.29, 0.717) is 35.8 Å². The fourth-order valence-electron chi connectivity index (χ4n) is 4.17. The predicted octanol–water partition coefficient (Wildman–Crippen LogP) is 4.21. The number of halogens is 1. The van der Waals surface area contributed by atoms with E-state index in [1.165, 1.54) is 0 Å². The minimum atomic E-state index is -0.173. The maximum atomic E-state index is 12.8. The van der Waals surface area contributed by atoms with Crippen molar-refractivity contribution in [3.05, 3.63) is 76.4 Å². The van der Waals surface area contributed by atoms with E-state index in [2.05, 4.69) is 4.98 Å². The molecule has 2 aromatic carbocycles. The van der Waals surface area contributed by atoms with Gasteiger partial charge in [-0.2, -0.15) is 0 Å². The summed E-state index contributed by atoms with van der Waals surface area (Å²) >= 11 is 6.35. The first kappa shape index (κ1) is 19.7. The number of aromatic nitrogens is 2. The van der Waals surface area contributed by atoms with E-state index in [9.17, 15) is 9.59 Å². The highest BCUT2D eigenvalue weighted by Crippen LogP contribution is 2.31. The number of nitrogens with zero attached hydrogens (tertiary/aromatic N) is 2. The molecule has 1 saturated heterocycles. The lowest BCUT2D eigenvalue weighted by atomic mass is 10.1. The number of likely N-dealkylation sites (tertiary alicyclic amines) is 1. The Labute approximate surface area is 184 Å². The van der Waals surface area contributed by atoms with Gasteiger partial charge >= 0.3 is 0 Å². The number of fused-ring (bicyclic) bond motifs is 2. The summed E-state index contributed by atoms with van der Waals surface area (Å²) < 4.78 is 8.08. The molecule has 2 aromatic heterocycles. The number of hydrogen-bond donors (Lipinski definition) is 1. The van der Waals surface area contributed by atoms with Crippen LogP contribution in [0.25, 0.3) is 21.5 Å². The van der Waals surface area contributed by atoms with Gasteiger partial charge in [-0.1, -0.05) is 35.9 Å². The molecule has 0 spiro atoms. The summed E-state index contributed by atoms with van der Waals surface area (Å²) in [6.07, 6.45) is 7.09. The van der Waals surface area contributed by atoms with Crippen LogP contribution in [0, 0.1) is 0 Å². The van der Waals surface area contributed by atoms with Crippen LogP contribution in [0.1, 0.15) is 12.8 Å². The highest BCUT2D eigenvalue weighted by molar-refractivity contribution is 6.32. The van der Waals surface area contributed by atoms with Gasteiger partial charge in [-0.25, -0.2) is 0 Å². The van der Waals surface area contributed by atoms with E-state index < -0.39 is 0 Å². The lowest BCUT2D eigenvalue weighted by Crippen LogP contribution is -2.43. The zero-order chi connectivity index (χ0) is 21.4. The van der Waals surface area contributed by atoms with Gasteiger partial charge in [0.15, 0.2) is 0 Å². The van der Waals surface area contributed by atoms with Crippen LogP contribution in [0.4, 0.5) is 0 Å². The number of piperidine rings is 1. The smallest absolute Gasteiger partial charge is 0.255 e. The van der Waals surface area contributed by atoms with Crippen LogP contribution in [0.15, 0.2) is 65.8 Å². The van der Waals surface area contributed by atoms with Crippen molar-refractivity contribution < 1.29 is 9.53 Å². The molecule has 1 aliphatic rings. The molecule has 0 saturated carbocycles. The van der Waals surface area contributed by atoms with Crippen LogP contribution >= 0.6 is 11.6 Å². The molecule has 1 amide bonds. The topological polar surface area (TPSA) is 67.3 Å². The van der Waals surface area contributed by atoms with Gasteiger partial charge in [-0.15, -0.1) is 0 Å². The highest BCUT2D eigenvalue weighted by Gasteiger charge is 2.24. The molecular formula is C24H22ClN3O3. The first-order valence-corrected chi connectivity index (χ1v) is 10.7. The molecule has 6 nitrogen and oxygen atoms in total. The summed E-state index contributed by atoms with van der Waals surface area (Å²) in [6, 6.07) is 13.4. The molecule has 1 fully saturated rings. The van der Waals surface area contributed by atoms with Gasteiger partial charge in [0.1, 0.15) is 18.4 Å². The Morgan fingerprint density at radius 2 is 1.77 bits per heavy atom. The fraction of sp³-hybridized carbons (Fsp3) is 0.250. The molecule has 31 heavy (non-hydrogen) atoms. The second-order valence-electron chi connectivity index (χ2n) is 7.93. The van der Waals surface area contributed by atoms with Crippen LogP contribution < -0.4 is 10.3 Å². The lowest BCUT2D eigenvalue weighted by molar-refractivity contribution is -0.133. The summed E-state index contributed by atoms with van der Waals surface area (Å²) in [7, 11) is 0. The lowest BCUT2D eigenvalue weighted by Gasteiger charge is -2.32. The van der Waals surface area contributed by atoms with E-state index in [0.717, 1.165) is 29.0 Å². The summed E-state index contributed by atoms with van der Waals surface area (Å²) in [4.78, 5) is 29.2. The van der Waals surface area contributed by atoms with E-state index in [-0.39, 0.29) is 17.6 Å². The van der Waals surface area contributed by atoms with Crippen LogP contribution in [0.3, 0.4) is 0 Å². The minimum absolute atomic E-state index is 0.0184. The molecule has 0 atom stereocenters. The second-order valence-corrected chi connectivity index (χ2v) is 8.34. The van der Waals surface area contributed by atoms with Crippen LogP contribution in [-0.4, -0.2) is 39.6 Å². The molecule has 158 valence electrons. The number of carbonyl (C=O) groups excluding carboxylic acids is 1. The Bertz CT molecular complexity index is 1290. The minimum Gasteiger partial charge on any atom is -0.489 e. The van der Waals surface area contributed by atoms with E-state index in [1.807, 2.05) is 52.2 Å². The molecular weight excluding hydrogens is 414 g/mol. The second kappa shape index (κ2) is 8.12. The first-order valence-electron chi connectivity index (χ1n) is 10.4. The van der Waals surface area contributed by atoms with Crippen molar-refractivity contribution in [2.75, 3.05) is 13.1 Å². The molecule has 1 aliphatic heterocycles. The first-order chi connectivity index (χ1) is 15.1. The highest BCUT2D eigenvalue weighted by atomic mass is 35.5. The Morgan fingerprint density at radius 3 is 2.48 bits per heavy atom. The van der Waals surface area contributed by atoms with Crippen molar-refractivity contribution in [1.82, 2.24) is 14.5 Å². The van der Waals surface area contributed by atoms with Crippen molar-refractivity contribution >= 4 is 39.1 Å². The molecule has 4 aromatic rings. The van der Waals surface area contributed by atoms with Crippen molar-refractivity contribution in [3.8, 4) is 5.75 Å². The van der Waals surface area contributed by atoms with Gasteiger partial charge in [0, 0.05) is 49.9 Å². The summed E-state index contributed by atoms with van der Waals surface area (Å²) in [6.45, 7) is 1.63. The van der Waals surface area contributed by atoms with Gasteiger partial charge in [-0.3, -0.25) is 9.59 Å². The van der Waals surface area contributed by atoms with Crippen molar-refractivity contribution in [2.45, 2.75) is 25.5 Å². The Kier molecular flexibility index (Phi) is 5.16. The monoisotopic (exact) mass is 435 g/mol. The molecule has 1 N–H and O–H groups in total. The number of pyridine rings is 1. The summed E-state index contributed by atoms with van der Waals surface area (Å²) in [5.41, 5.74) is -0.173. The molecule has 0 unspecified atom stereocenters. The van der Waals surface area contributed by atoms with Crippen molar-refractivity contribution in [3.63, 3.8) is 0 Å². The third-order valence-corrected chi connectivity index (χ3v) is 6.13. The maximum Gasteiger partial charge on any atom is 0.255 e. The summed E-state index contributed by atoms with van der Waals surface area (Å²) in [5, 5.41) is 4.02. The average molecular weight is 436 g/mol. The zero-order valence-corrected chi connectivity index (χ0v) is 17.6. The number of H-pyrrole nitrogens is 1. The number of rotatable bonds is 4. The van der Waals surface area contributed by atoms with Gasteiger partial charge in [0.2, 0.25) is 5.91 Å². The molecule has 3 heterocycles. The maximum absolute atomic E-state index is 12.8. The van der Waals surface area contributed by atoms with Gasteiger partial charge < -0.3 is 19.2 Å². The Hall–Kier alpha value is -3.25. The zero-order valence-electron chi connectivity index (χ0n) is 16.9. The number of amides is 1. The quantitative estimate of drug-likeness (QED) is 0.522. The van der Waals surface area contributed by atoms with Gasteiger partial charge in [0.25, 0.3) is 5.56 Å². The number of benzene rings is 2. The molecule has 0 radical (unpaired) electrons. The van der Waals surface area contributed by atoms with Crippen LogP contribution in [0.5, 0.6) is 5.75 Å². The third kappa shape index (κ3) is 4.03. The van der Waals surface area contributed by atoms with E-state index >= 15 is 0 Å². The largest absolute Gasteiger partial charge is 0.489 e. The standard InChI is InChI=1S/C24H22ClN3O3/c25-21-12-20-16(5-8-26-24(20)30)11-22(21)31-19-6-9-28(10-7-19)23(29)15-27-13-17-3-1-2-4-18(17)14-27/h1-5,8,11-14,19H,6-7,9-10,15H2,(H,26,30). The van der Waals surface area contributed by atoms with Crippen molar-refractivity contribution in [1.29, 1.82) is 0 Å². The van der Waals surface area contributed by atoms with Gasteiger partial charge in [0.05, 0.1) is 5.02 Å². The van der Waals surface area contributed by atoms with Gasteiger partial charge in [-0.05, 0) is 34.4 Å². The molecule has 7 heteroatoms. The normalized spacial score (nSPS) is 14.9. The predicted molar refractivity (Wildman–Crippen MR) is 122 cm³/mol. The Morgan fingerprint density at radius 1 is 1.06 bits per heavy atom. The van der Waals surface area contributed by atoms with Crippen LogP contribution in [0.2, 0.25) is 5.02 Å². The number of ether oxygens (including phenoxy) is 1. The van der Waals surface area contributed by atoms with E-state index in [4.69, 9.17) is 16.3 Å². The SMILES string of the molecule is O=C(Cn1cc2ccccc2c1)N1CCC(Oc2cc3cc[nH]c(=O)c3cc2Cl)CC1. The average Bonchev–Trinajstić information content (AvgIpc) is 3.18. The molecule has 0 aliphatic carbocycles. The third-order valence-electron chi connectivity index (χ3n) is 5.84. The number of nitrogens with one attached hydrogen (secondary N) is 1. The van der Waals surface area contributed by atoms with Crippen LogP contribution in [-0.2, 0) is 11.3 Å². The fourth-order valence-corrected chi connectivity index (χ4v) is 4.38. The van der Waals surface area contributed by atoms with Crippen molar-refractivity contribution in [2.24, 2.45) is 0 Å².